The molecule has 0 spiro atoms. The third-order valence-electron chi connectivity index (χ3n) is 2.92. The van der Waals surface area contributed by atoms with Crippen molar-refractivity contribution in [2.45, 2.75) is 0 Å². The van der Waals surface area contributed by atoms with E-state index in [0.717, 1.165) is 6.20 Å². The van der Waals surface area contributed by atoms with Crippen molar-refractivity contribution < 1.29 is 8.78 Å². The van der Waals surface area contributed by atoms with Gasteiger partial charge in [-0.2, -0.15) is 0 Å². The SMILES string of the molecule is Nc1cnc(-c2ccncc2F)c(-c2cccc(F)c2)n1. The number of halogens is 2. The molecular formula is C15H10F2N4. The van der Waals surface area contributed by atoms with Crippen LogP contribution in [0.3, 0.4) is 0 Å². The average molecular weight is 284 g/mol. The van der Waals surface area contributed by atoms with Gasteiger partial charge in [0.2, 0.25) is 0 Å². The molecule has 0 bridgehead atoms. The largest absolute Gasteiger partial charge is 0.382 e. The molecule has 104 valence electrons. The van der Waals surface area contributed by atoms with Crippen LogP contribution in [0.2, 0.25) is 0 Å². The minimum Gasteiger partial charge on any atom is -0.382 e. The first-order valence-electron chi connectivity index (χ1n) is 6.13. The number of nitrogens with two attached hydrogens (primary N) is 1. The van der Waals surface area contributed by atoms with Crippen LogP contribution >= 0.6 is 0 Å². The molecular weight excluding hydrogens is 274 g/mol. The van der Waals surface area contributed by atoms with Crippen molar-refractivity contribution in [1.82, 2.24) is 15.0 Å². The standard InChI is InChI=1S/C15H10F2N4/c16-10-3-1-2-9(6-10)14-15(20-8-13(18)21-14)11-4-5-19-7-12(11)17/h1-8H,(H2,18,21). The Labute approximate surface area is 119 Å². The zero-order valence-electron chi connectivity index (χ0n) is 10.8. The van der Waals surface area contributed by atoms with Gasteiger partial charge in [0.25, 0.3) is 0 Å². The third kappa shape index (κ3) is 2.55. The van der Waals surface area contributed by atoms with E-state index in [2.05, 4.69) is 15.0 Å². The van der Waals surface area contributed by atoms with Gasteiger partial charge in [0.05, 0.1) is 23.8 Å². The number of hydrogen-bond donors (Lipinski definition) is 1. The van der Waals surface area contributed by atoms with Crippen LogP contribution in [0.25, 0.3) is 22.5 Å². The maximum absolute atomic E-state index is 13.9. The van der Waals surface area contributed by atoms with Crippen LogP contribution in [0.15, 0.2) is 48.9 Å². The Balaban J connectivity index is 2.25. The number of nitrogen functional groups attached to an aromatic ring is 1. The lowest BCUT2D eigenvalue weighted by atomic mass is 10.0. The molecule has 0 unspecified atom stereocenters. The Bertz CT molecular complexity index is 805. The second-order valence-corrected chi connectivity index (χ2v) is 4.36. The normalized spacial score (nSPS) is 10.6. The molecule has 1 aromatic carbocycles. The Hall–Kier alpha value is -2.89. The molecule has 0 atom stereocenters. The second kappa shape index (κ2) is 5.24. The molecule has 21 heavy (non-hydrogen) atoms. The van der Waals surface area contributed by atoms with E-state index < -0.39 is 11.6 Å². The third-order valence-corrected chi connectivity index (χ3v) is 2.92. The zero-order valence-corrected chi connectivity index (χ0v) is 10.8. The van der Waals surface area contributed by atoms with E-state index in [1.54, 1.807) is 12.1 Å². The molecule has 3 aromatic rings. The van der Waals surface area contributed by atoms with E-state index in [9.17, 15) is 8.78 Å². The van der Waals surface area contributed by atoms with Crippen LogP contribution in [0.5, 0.6) is 0 Å². The van der Waals surface area contributed by atoms with E-state index in [-0.39, 0.29) is 17.1 Å². The average Bonchev–Trinajstić information content (AvgIpc) is 2.48. The highest BCUT2D eigenvalue weighted by Crippen LogP contribution is 2.30. The minimum atomic E-state index is -0.533. The molecule has 0 saturated heterocycles. The van der Waals surface area contributed by atoms with E-state index in [1.807, 2.05) is 0 Å². The molecule has 0 aliphatic heterocycles. The highest BCUT2D eigenvalue weighted by Gasteiger charge is 2.15. The highest BCUT2D eigenvalue weighted by molar-refractivity contribution is 5.78. The summed E-state index contributed by atoms with van der Waals surface area (Å²) in [6, 6.07) is 7.30. The van der Waals surface area contributed by atoms with Crippen LogP contribution in [-0.4, -0.2) is 15.0 Å². The molecule has 6 heteroatoms. The first-order valence-corrected chi connectivity index (χ1v) is 6.13. The van der Waals surface area contributed by atoms with Crippen molar-refractivity contribution in [2.75, 3.05) is 5.73 Å². The van der Waals surface area contributed by atoms with E-state index in [1.165, 1.54) is 30.6 Å². The van der Waals surface area contributed by atoms with Gasteiger partial charge in [-0.3, -0.25) is 4.98 Å². The quantitative estimate of drug-likeness (QED) is 0.785. The number of rotatable bonds is 2. The first kappa shape index (κ1) is 13.1. The van der Waals surface area contributed by atoms with Crippen LogP contribution in [0, 0.1) is 11.6 Å². The Morgan fingerprint density at radius 3 is 2.62 bits per heavy atom. The molecule has 0 amide bonds. The molecule has 0 aliphatic carbocycles. The first-order chi connectivity index (χ1) is 10.1. The minimum absolute atomic E-state index is 0.174. The zero-order chi connectivity index (χ0) is 14.8. The van der Waals surface area contributed by atoms with Gasteiger partial charge >= 0.3 is 0 Å². The van der Waals surface area contributed by atoms with Gasteiger partial charge in [0.15, 0.2) is 5.82 Å². The molecule has 0 fully saturated rings. The summed E-state index contributed by atoms with van der Waals surface area (Å²) in [5.74, 6) is -0.778. The van der Waals surface area contributed by atoms with Crippen molar-refractivity contribution in [3.8, 4) is 22.5 Å². The molecule has 2 aromatic heterocycles. The van der Waals surface area contributed by atoms with Gasteiger partial charge in [0.1, 0.15) is 11.6 Å². The van der Waals surface area contributed by atoms with Crippen LogP contribution in [0.4, 0.5) is 14.6 Å². The van der Waals surface area contributed by atoms with Crippen molar-refractivity contribution in [3.05, 3.63) is 60.6 Å². The fourth-order valence-electron chi connectivity index (χ4n) is 2.00. The summed E-state index contributed by atoms with van der Waals surface area (Å²) in [7, 11) is 0. The smallest absolute Gasteiger partial charge is 0.150 e. The van der Waals surface area contributed by atoms with Crippen LogP contribution in [-0.2, 0) is 0 Å². The second-order valence-electron chi connectivity index (χ2n) is 4.36. The summed E-state index contributed by atoms with van der Waals surface area (Å²) < 4.78 is 27.3. The fraction of sp³-hybridized carbons (Fsp3) is 0. The maximum Gasteiger partial charge on any atom is 0.150 e. The van der Waals surface area contributed by atoms with Gasteiger partial charge in [-0.05, 0) is 18.2 Å². The molecule has 3 rings (SSSR count). The maximum atomic E-state index is 13.9. The summed E-state index contributed by atoms with van der Waals surface area (Å²) in [5, 5.41) is 0. The summed E-state index contributed by atoms with van der Waals surface area (Å²) in [6.07, 6.45) is 3.87. The lowest BCUT2D eigenvalue weighted by Crippen LogP contribution is -2.00. The molecule has 2 heterocycles. The van der Waals surface area contributed by atoms with E-state index in [0.29, 0.717) is 11.3 Å². The van der Waals surface area contributed by atoms with Gasteiger partial charge in [-0.25, -0.2) is 18.7 Å². The van der Waals surface area contributed by atoms with E-state index in [4.69, 9.17) is 5.73 Å². The molecule has 2 N–H and O–H groups in total. The van der Waals surface area contributed by atoms with Gasteiger partial charge in [-0.15, -0.1) is 0 Å². The Kier molecular flexibility index (Phi) is 3.27. The van der Waals surface area contributed by atoms with Crippen molar-refractivity contribution >= 4 is 5.82 Å². The molecule has 4 nitrogen and oxygen atoms in total. The predicted molar refractivity (Wildman–Crippen MR) is 75.0 cm³/mol. The van der Waals surface area contributed by atoms with Gasteiger partial charge < -0.3 is 5.73 Å². The van der Waals surface area contributed by atoms with E-state index >= 15 is 0 Å². The topological polar surface area (TPSA) is 64.7 Å². The Morgan fingerprint density at radius 2 is 1.86 bits per heavy atom. The van der Waals surface area contributed by atoms with Crippen molar-refractivity contribution in [3.63, 3.8) is 0 Å². The summed E-state index contributed by atoms with van der Waals surface area (Å²) in [5.41, 5.74) is 6.96. The fourth-order valence-corrected chi connectivity index (χ4v) is 2.00. The number of nitrogens with zero attached hydrogens (tertiary/aromatic N) is 3. The molecule has 0 aliphatic rings. The predicted octanol–water partition coefficient (Wildman–Crippen LogP) is 3.07. The summed E-state index contributed by atoms with van der Waals surface area (Å²) >= 11 is 0. The van der Waals surface area contributed by atoms with Gasteiger partial charge in [-0.1, -0.05) is 12.1 Å². The summed E-state index contributed by atoms with van der Waals surface area (Å²) in [4.78, 5) is 12.0. The van der Waals surface area contributed by atoms with Crippen molar-refractivity contribution in [2.24, 2.45) is 0 Å². The number of hydrogen-bond acceptors (Lipinski definition) is 4. The van der Waals surface area contributed by atoms with Crippen LogP contribution < -0.4 is 5.73 Å². The highest BCUT2D eigenvalue weighted by atomic mass is 19.1. The van der Waals surface area contributed by atoms with Gasteiger partial charge in [0, 0.05) is 17.3 Å². The van der Waals surface area contributed by atoms with Crippen LogP contribution in [0.1, 0.15) is 0 Å². The van der Waals surface area contributed by atoms with Crippen molar-refractivity contribution in [1.29, 1.82) is 0 Å². The summed E-state index contributed by atoms with van der Waals surface area (Å²) in [6.45, 7) is 0. The number of benzene rings is 1. The molecule has 0 radical (unpaired) electrons. The lowest BCUT2D eigenvalue weighted by Gasteiger charge is -2.09. The number of aromatic nitrogens is 3. The Morgan fingerprint density at radius 1 is 1.00 bits per heavy atom. The molecule has 0 saturated carbocycles. The lowest BCUT2D eigenvalue weighted by molar-refractivity contribution is 0.624. The number of anilines is 1. The number of pyridine rings is 1. The monoisotopic (exact) mass is 284 g/mol.